The molecule has 1 amide bonds. The van der Waals surface area contributed by atoms with Gasteiger partial charge in [0.05, 0.1) is 19.3 Å². The summed E-state index contributed by atoms with van der Waals surface area (Å²) in [6.07, 6.45) is 3.48. The Kier molecular flexibility index (Phi) is 7.82. The van der Waals surface area contributed by atoms with Gasteiger partial charge in [0.1, 0.15) is 0 Å². The first-order chi connectivity index (χ1) is 11.0. The lowest BCUT2D eigenvalue weighted by Crippen LogP contribution is -2.52. The van der Waals surface area contributed by atoms with Crippen LogP contribution in [0.2, 0.25) is 19.1 Å². The third-order valence-electron chi connectivity index (χ3n) is 3.66. The molecule has 24 heavy (non-hydrogen) atoms. The van der Waals surface area contributed by atoms with Gasteiger partial charge in [-0.15, -0.1) is 6.58 Å². The van der Waals surface area contributed by atoms with Crippen molar-refractivity contribution in [1.82, 2.24) is 10.8 Å². The van der Waals surface area contributed by atoms with E-state index in [9.17, 15) is 4.79 Å². The number of carbonyl (C=O) groups is 1. The zero-order valence-electron chi connectivity index (χ0n) is 15.6. The molecular formula is C17H33N3O3Si. The van der Waals surface area contributed by atoms with Crippen molar-refractivity contribution in [2.75, 3.05) is 19.8 Å². The predicted molar refractivity (Wildman–Crippen MR) is 99.8 cm³/mol. The first kappa shape index (κ1) is 21.1. The number of carbonyl (C=O) groups excluding carboxylic acids is 1. The summed E-state index contributed by atoms with van der Waals surface area (Å²) in [6, 6.07) is 0.800. The standard InChI is InChI=1S/C17H33N3O3Si/c1-7-8-22-20-15-10-19-13(9-14(15)16(18)21)11-23-24(5,6)12-17(2,3)4/h7,9,13,15,19-20H,1,8,10-12H2,2-6H3,(H2,18,21)/t13-,15-/m0/s1. The van der Waals surface area contributed by atoms with E-state index in [1.165, 1.54) is 0 Å². The van der Waals surface area contributed by atoms with Crippen molar-refractivity contribution in [1.29, 1.82) is 0 Å². The van der Waals surface area contributed by atoms with E-state index >= 15 is 0 Å². The fourth-order valence-corrected chi connectivity index (χ4v) is 6.38. The van der Waals surface area contributed by atoms with Crippen molar-refractivity contribution in [2.45, 2.75) is 52.0 Å². The molecule has 0 radical (unpaired) electrons. The number of nitrogens with two attached hydrogens (primary N) is 1. The van der Waals surface area contributed by atoms with Crippen LogP contribution < -0.4 is 16.5 Å². The molecule has 0 aliphatic carbocycles. The second-order valence-electron chi connectivity index (χ2n) is 8.08. The van der Waals surface area contributed by atoms with Crippen LogP contribution in [0.4, 0.5) is 0 Å². The second kappa shape index (κ2) is 8.91. The average Bonchev–Trinajstić information content (AvgIpc) is 2.43. The Bertz CT molecular complexity index is 472. The Balaban J connectivity index is 2.64. The van der Waals surface area contributed by atoms with Gasteiger partial charge in [0, 0.05) is 18.2 Å². The summed E-state index contributed by atoms with van der Waals surface area (Å²) in [5.41, 5.74) is 9.13. The molecule has 4 N–H and O–H groups in total. The fraction of sp³-hybridized carbons (Fsp3) is 0.706. The number of nitrogens with one attached hydrogen (secondary N) is 2. The van der Waals surface area contributed by atoms with Gasteiger partial charge < -0.3 is 15.5 Å². The molecule has 7 heteroatoms. The van der Waals surface area contributed by atoms with Crippen molar-refractivity contribution in [3.05, 3.63) is 24.3 Å². The van der Waals surface area contributed by atoms with E-state index in [4.69, 9.17) is 15.0 Å². The molecule has 138 valence electrons. The summed E-state index contributed by atoms with van der Waals surface area (Å²) in [4.78, 5) is 16.9. The first-order valence-electron chi connectivity index (χ1n) is 8.41. The molecule has 0 spiro atoms. The Hall–Kier alpha value is -0.993. The van der Waals surface area contributed by atoms with Crippen molar-refractivity contribution in [2.24, 2.45) is 11.1 Å². The number of hydrogen-bond acceptors (Lipinski definition) is 5. The highest BCUT2D eigenvalue weighted by Crippen LogP contribution is 2.28. The SMILES string of the molecule is C=CCON[C@H]1CN[C@H](CO[Si](C)(C)CC(C)(C)C)C=C1C(N)=O. The van der Waals surface area contributed by atoms with Gasteiger partial charge in [-0.2, -0.15) is 5.48 Å². The van der Waals surface area contributed by atoms with E-state index < -0.39 is 14.2 Å². The summed E-state index contributed by atoms with van der Waals surface area (Å²) in [6.45, 7) is 16.2. The smallest absolute Gasteiger partial charge is 0.246 e. The summed E-state index contributed by atoms with van der Waals surface area (Å²) in [7, 11) is -1.75. The van der Waals surface area contributed by atoms with Gasteiger partial charge in [0.25, 0.3) is 0 Å². The Labute approximate surface area is 146 Å². The van der Waals surface area contributed by atoms with E-state index in [2.05, 4.69) is 51.2 Å². The van der Waals surface area contributed by atoms with Crippen LogP contribution in [-0.2, 0) is 14.1 Å². The second-order valence-corrected chi connectivity index (χ2v) is 12.2. The normalized spacial score (nSPS) is 22.1. The molecule has 0 saturated carbocycles. The van der Waals surface area contributed by atoms with E-state index in [0.29, 0.717) is 25.3 Å². The minimum Gasteiger partial charge on any atom is -0.415 e. The quantitative estimate of drug-likeness (QED) is 0.254. The fourth-order valence-electron chi connectivity index (χ4n) is 3.09. The van der Waals surface area contributed by atoms with Crippen molar-refractivity contribution in [3.63, 3.8) is 0 Å². The van der Waals surface area contributed by atoms with Gasteiger partial charge in [-0.25, -0.2) is 0 Å². The Morgan fingerprint density at radius 3 is 2.75 bits per heavy atom. The van der Waals surface area contributed by atoms with Crippen LogP contribution >= 0.6 is 0 Å². The lowest BCUT2D eigenvalue weighted by atomic mass is 10.00. The van der Waals surface area contributed by atoms with Gasteiger partial charge in [-0.05, 0) is 24.6 Å². The zero-order chi connectivity index (χ0) is 18.4. The average molecular weight is 356 g/mol. The van der Waals surface area contributed by atoms with Gasteiger partial charge in [-0.1, -0.05) is 32.9 Å². The topological polar surface area (TPSA) is 85.6 Å². The van der Waals surface area contributed by atoms with Gasteiger partial charge in [-0.3, -0.25) is 9.63 Å². The lowest BCUT2D eigenvalue weighted by Gasteiger charge is -2.34. The molecule has 1 aliphatic rings. The summed E-state index contributed by atoms with van der Waals surface area (Å²) < 4.78 is 6.22. The lowest BCUT2D eigenvalue weighted by molar-refractivity contribution is -0.115. The van der Waals surface area contributed by atoms with Crippen LogP contribution in [0.3, 0.4) is 0 Å². The monoisotopic (exact) mass is 355 g/mol. The molecule has 0 aromatic rings. The maximum absolute atomic E-state index is 11.7. The number of rotatable bonds is 9. The van der Waals surface area contributed by atoms with E-state index in [1.54, 1.807) is 6.08 Å². The van der Waals surface area contributed by atoms with E-state index in [-0.39, 0.29) is 17.5 Å². The minimum atomic E-state index is -1.75. The van der Waals surface area contributed by atoms with Crippen LogP contribution in [0.25, 0.3) is 0 Å². The molecule has 1 rings (SSSR count). The molecule has 0 aromatic heterocycles. The third-order valence-corrected chi connectivity index (χ3v) is 6.52. The van der Waals surface area contributed by atoms with Gasteiger partial charge >= 0.3 is 0 Å². The highest BCUT2D eigenvalue weighted by atomic mass is 28.4. The molecule has 0 fully saturated rings. The van der Waals surface area contributed by atoms with Gasteiger partial charge in [0.2, 0.25) is 5.91 Å². The molecule has 6 nitrogen and oxygen atoms in total. The van der Waals surface area contributed by atoms with E-state index in [0.717, 1.165) is 6.04 Å². The van der Waals surface area contributed by atoms with Crippen LogP contribution in [0.5, 0.6) is 0 Å². The molecule has 2 atom stereocenters. The molecular weight excluding hydrogens is 322 g/mol. The van der Waals surface area contributed by atoms with Crippen LogP contribution in [0.15, 0.2) is 24.3 Å². The molecule has 0 aromatic carbocycles. The maximum atomic E-state index is 11.7. The van der Waals surface area contributed by atoms with Crippen LogP contribution in [0.1, 0.15) is 20.8 Å². The van der Waals surface area contributed by atoms with Crippen molar-refractivity contribution in [3.8, 4) is 0 Å². The summed E-state index contributed by atoms with van der Waals surface area (Å²) in [5, 5.41) is 3.36. The molecule has 1 aliphatic heterocycles. The highest BCUT2D eigenvalue weighted by molar-refractivity contribution is 6.71. The number of hydroxylamine groups is 1. The predicted octanol–water partition coefficient (Wildman–Crippen LogP) is 1.71. The zero-order valence-corrected chi connectivity index (χ0v) is 16.6. The molecule has 0 saturated heterocycles. The van der Waals surface area contributed by atoms with Crippen LogP contribution in [0, 0.1) is 5.41 Å². The number of amides is 1. The molecule has 0 unspecified atom stereocenters. The van der Waals surface area contributed by atoms with Crippen molar-refractivity contribution < 1.29 is 14.1 Å². The molecule has 1 heterocycles. The number of hydrogen-bond donors (Lipinski definition) is 3. The highest BCUT2D eigenvalue weighted by Gasteiger charge is 2.31. The van der Waals surface area contributed by atoms with E-state index in [1.807, 2.05) is 6.08 Å². The Morgan fingerprint density at radius 2 is 2.21 bits per heavy atom. The van der Waals surface area contributed by atoms with Crippen molar-refractivity contribution >= 4 is 14.2 Å². The van der Waals surface area contributed by atoms with Gasteiger partial charge in [0.15, 0.2) is 8.32 Å². The maximum Gasteiger partial charge on any atom is 0.246 e. The number of primary amides is 1. The first-order valence-corrected chi connectivity index (χ1v) is 11.5. The molecule has 0 bridgehead atoms. The minimum absolute atomic E-state index is 0.0169. The summed E-state index contributed by atoms with van der Waals surface area (Å²) in [5.74, 6) is -0.438. The van der Waals surface area contributed by atoms with Crippen LogP contribution in [-0.4, -0.2) is 46.1 Å². The largest absolute Gasteiger partial charge is 0.415 e. The third kappa shape index (κ3) is 7.72. The Morgan fingerprint density at radius 1 is 1.54 bits per heavy atom. The summed E-state index contributed by atoms with van der Waals surface area (Å²) >= 11 is 0.